The average molecular weight is 385 g/mol. The number of amides is 1. The molecule has 1 N–H and O–H groups in total. The molecule has 0 bridgehead atoms. The number of ether oxygens (including phenoxy) is 2. The van der Waals surface area contributed by atoms with Gasteiger partial charge in [0.25, 0.3) is 11.6 Å². The molecular formula is C20H23N3O5. The zero-order valence-corrected chi connectivity index (χ0v) is 16.1. The Balaban J connectivity index is 1.88. The Labute approximate surface area is 163 Å². The minimum Gasteiger partial charge on any atom is -0.454 e. The maximum Gasteiger partial charge on any atom is 0.293 e. The number of anilines is 1. The molecule has 8 nitrogen and oxygen atoms in total. The van der Waals surface area contributed by atoms with E-state index in [1.807, 2.05) is 43.9 Å². The molecule has 2 aromatic rings. The van der Waals surface area contributed by atoms with Crippen LogP contribution < -0.4 is 19.7 Å². The van der Waals surface area contributed by atoms with E-state index in [1.54, 1.807) is 12.1 Å². The summed E-state index contributed by atoms with van der Waals surface area (Å²) >= 11 is 0. The number of fused-ring (bicyclic) bond motifs is 1. The highest BCUT2D eigenvalue weighted by atomic mass is 16.7. The van der Waals surface area contributed by atoms with Crippen molar-refractivity contribution in [3.05, 3.63) is 57.6 Å². The van der Waals surface area contributed by atoms with E-state index in [2.05, 4.69) is 5.32 Å². The Morgan fingerprint density at radius 1 is 1.21 bits per heavy atom. The first-order valence-electron chi connectivity index (χ1n) is 9.11. The van der Waals surface area contributed by atoms with Crippen LogP contribution in [0.2, 0.25) is 0 Å². The lowest BCUT2D eigenvalue weighted by molar-refractivity contribution is -0.384. The molecule has 1 heterocycles. The molecule has 0 aliphatic carbocycles. The molecule has 1 aliphatic heterocycles. The predicted molar refractivity (Wildman–Crippen MR) is 105 cm³/mol. The first-order valence-corrected chi connectivity index (χ1v) is 9.11. The number of carbonyl (C=O) groups excluding carboxylic acids is 1. The number of carbonyl (C=O) groups is 1. The number of nitrogens with one attached hydrogen (secondary N) is 1. The van der Waals surface area contributed by atoms with Gasteiger partial charge in [0.05, 0.1) is 4.92 Å². The van der Waals surface area contributed by atoms with Crippen molar-refractivity contribution in [2.45, 2.75) is 33.4 Å². The van der Waals surface area contributed by atoms with Crippen molar-refractivity contribution in [3.63, 3.8) is 0 Å². The summed E-state index contributed by atoms with van der Waals surface area (Å²) in [7, 11) is 0. The van der Waals surface area contributed by atoms with Crippen molar-refractivity contribution in [3.8, 4) is 11.5 Å². The minimum atomic E-state index is -0.455. The first-order chi connectivity index (χ1) is 13.4. The summed E-state index contributed by atoms with van der Waals surface area (Å²) in [6.45, 7) is 6.83. The molecular weight excluding hydrogens is 362 g/mol. The third-order valence-electron chi connectivity index (χ3n) is 4.39. The summed E-state index contributed by atoms with van der Waals surface area (Å²) in [6, 6.07) is 10.1. The van der Waals surface area contributed by atoms with Crippen molar-refractivity contribution in [2.75, 3.05) is 18.2 Å². The molecule has 2 aromatic carbocycles. The zero-order chi connectivity index (χ0) is 20.3. The molecule has 3 rings (SSSR count). The molecule has 0 atom stereocenters. The highest BCUT2D eigenvalue weighted by molar-refractivity contribution is 5.96. The quantitative estimate of drug-likeness (QED) is 0.579. The van der Waals surface area contributed by atoms with E-state index in [0.29, 0.717) is 30.3 Å². The number of nitrogens with zero attached hydrogens (tertiary/aromatic N) is 2. The normalized spacial score (nSPS) is 12.1. The van der Waals surface area contributed by atoms with Crippen LogP contribution in [0.5, 0.6) is 11.5 Å². The van der Waals surface area contributed by atoms with E-state index in [-0.39, 0.29) is 30.0 Å². The highest BCUT2D eigenvalue weighted by Crippen LogP contribution is 2.34. The maximum absolute atomic E-state index is 12.2. The lowest BCUT2D eigenvalue weighted by atomic mass is 10.1. The summed E-state index contributed by atoms with van der Waals surface area (Å²) in [5.41, 5.74) is 1.58. The van der Waals surface area contributed by atoms with E-state index >= 15 is 0 Å². The molecule has 8 heteroatoms. The summed E-state index contributed by atoms with van der Waals surface area (Å²) < 4.78 is 10.7. The minimum absolute atomic E-state index is 0.0515. The molecule has 0 aromatic heterocycles. The van der Waals surface area contributed by atoms with Crippen molar-refractivity contribution in [2.24, 2.45) is 0 Å². The third-order valence-corrected chi connectivity index (χ3v) is 4.39. The molecule has 0 saturated carbocycles. The molecule has 0 fully saturated rings. The van der Waals surface area contributed by atoms with E-state index in [0.717, 1.165) is 5.56 Å². The number of nitro benzene ring substituents is 1. The van der Waals surface area contributed by atoms with Crippen LogP contribution in [0.1, 0.15) is 36.7 Å². The number of hydrogen-bond acceptors (Lipinski definition) is 6. The first kappa shape index (κ1) is 19.5. The van der Waals surface area contributed by atoms with Crippen molar-refractivity contribution in [1.82, 2.24) is 5.32 Å². The molecule has 148 valence electrons. The largest absolute Gasteiger partial charge is 0.454 e. The van der Waals surface area contributed by atoms with Gasteiger partial charge in [0.1, 0.15) is 5.69 Å². The summed E-state index contributed by atoms with van der Waals surface area (Å²) in [4.78, 5) is 25.3. The van der Waals surface area contributed by atoms with E-state index in [4.69, 9.17) is 9.47 Å². The smallest absolute Gasteiger partial charge is 0.293 e. The fourth-order valence-corrected chi connectivity index (χ4v) is 3.05. The Kier molecular flexibility index (Phi) is 5.67. The van der Waals surface area contributed by atoms with Gasteiger partial charge in [0, 0.05) is 30.8 Å². The Morgan fingerprint density at radius 2 is 1.96 bits per heavy atom. The zero-order valence-electron chi connectivity index (χ0n) is 16.1. The molecule has 0 spiro atoms. The van der Waals surface area contributed by atoms with Gasteiger partial charge in [-0.25, -0.2) is 0 Å². The fraction of sp³-hybridized carbons (Fsp3) is 0.350. The summed E-state index contributed by atoms with van der Waals surface area (Å²) in [6.07, 6.45) is 0. The van der Waals surface area contributed by atoms with Gasteiger partial charge in [-0.1, -0.05) is 6.07 Å². The standard InChI is InChI=1S/C20H23N3O5/c1-4-22(11-14-5-8-18-19(9-14)28-12-27-18)16-7-6-15(10-17(16)23(25)26)20(24)21-13(2)3/h5-10,13H,4,11-12H2,1-3H3,(H,21,24). The van der Waals surface area contributed by atoms with Crippen LogP contribution in [0.3, 0.4) is 0 Å². The second-order valence-electron chi connectivity index (χ2n) is 6.79. The monoisotopic (exact) mass is 385 g/mol. The van der Waals surface area contributed by atoms with Crippen LogP contribution in [-0.2, 0) is 6.54 Å². The maximum atomic E-state index is 12.2. The van der Waals surface area contributed by atoms with Crippen LogP contribution >= 0.6 is 0 Å². The SMILES string of the molecule is CCN(Cc1ccc2c(c1)OCO2)c1ccc(C(=O)NC(C)C)cc1[N+](=O)[O-]. The lowest BCUT2D eigenvalue weighted by Gasteiger charge is -2.23. The summed E-state index contributed by atoms with van der Waals surface area (Å²) in [5.74, 6) is 1.03. The molecule has 28 heavy (non-hydrogen) atoms. The molecule has 0 saturated heterocycles. The van der Waals surface area contributed by atoms with Gasteiger partial charge in [-0.3, -0.25) is 14.9 Å². The van der Waals surface area contributed by atoms with Gasteiger partial charge >= 0.3 is 0 Å². The van der Waals surface area contributed by atoms with Crippen molar-refractivity contribution in [1.29, 1.82) is 0 Å². The van der Waals surface area contributed by atoms with Gasteiger partial charge in [-0.15, -0.1) is 0 Å². The van der Waals surface area contributed by atoms with Gasteiger partial charge in [0.15, 0.2) is 11.5 Å². The van der Waals surface area contributed by atoms with E-state index in [9.17, 15) is 14.9 Å². The molecule has 1 aliphatic rings. The van der Waals surface area contributed by atoms with Gasteiger partial charge in [0.2, 0.25) is 6.79 Å². The van der Waals surface area contributed by atoms with Crippen molar-refractivity contribution < 1.29 is 19.2 Å². The van der Waals surface area contributed by atoms with Gasteiger partial charge in [-0.05, 0) is 50.6 Å². The van der Waals surface area contributed by atoms with Crippen LogP contribution in [0.4, 0.5) is 11.4 Å². The Morgan fingerprint density at radius 3 is 2.64 bits per heavy atom. The fourth-order valence-electron chi connectivity index (χ4n) is 3.05. The topological polar surface area (TPSA) is 93.9 Å². The Hall–Kier alpha value is -3.29. The third kappa shape index (κ3) is 4.16. The second kappa shape index (κ2) is 8.16. The van der Waals surface area contributed by atoms with Gasteiger partial charge in [-0.2, -0.15) is 0 Å². The lowest BCUT2D eigenvalue weighted by Crippen LogP contribution is -2.30. The molecule has 1 amide bonds. The van der Waals surface area contributed by atoms with Crippen LogP contribution in [-0.4, -0.2) is 30.2 Å². The van der Waals surface area contributed by atoms with Crippen LogP contribution in [0.15, 0.2) is 36.4 Å². The van der Waals surface area contributed by atoms with Gasteiger partial charge < -0.3 is 19.7 Å². The van der Waals surface area contributed by atoms with E-state index in [1.165, 1.54) is 6.07 Å². The highest BCUT2D eigenvalue weighted by Gasteiger charge is 2.22. The number of nitro groups is 1. The number of rotatable bonds is 7. The number of hydrogen-bond donors (Lipinski definition) is 1. The van der Waals surface area contributed by atoms with E-state index < -0.39 is 4.92 Å². The molecule has 0 radical (unpaired) electrons. The average Bonchev–Trinajstić information content (AvgIpc) is 3.13. The van der Waals surface area contributed by atoms with Crippen LogP contribution in [0, 0.1) is 10.1 Å². The van der Waals surface area contributed by atoms with Crippen molar-refractivity contribution >= 4 is 17.3 Å². The predicted octanol–water partition coefficient (Wildman–Crippen LogP) is 3.49. The number of benzene rings is 2. The molecule has 0 unspecified atom stereocenters. The Bertz CT molecular complexity index is 897. The second-order valence-corrected chi connectivity index (χ2v) is 6.79. The van der Waals surface area contributed by atoms with Crippen LogP contribution in [0.25, 0.3) is 0 Å². The summed E-state index contributed by atoms with van der Waals surface area (Å²) in [5, 5.41) is 14.4.